The number of aryl methyl sites for hydroxylation is 1. The normalized spacial score (nSPS) is 20.3. The minimum absolute atomic E-state index is 0.253. The summed E-state index contributed by atoms with van der Waals surface area (Å²) < 4.78 is 0. The average molecular weight is 364 g/mol. The molecule has 0 bridgehead atoms. The number of nitrogens with zero attached hydrogens (tertiary/aromatic N) is 4. The SMILES string of the molecule is CN1CCc2nc([C@H]3CCCN(C(=O)CCc4ccccc4)C3)ncc2C1. The Morgan fingerprint density at radius 2 is 2.07 bits per heavy atom. The predicted molar refractivity (Wildman–Crippen MR) is 105 cm³/mol. The number of carbonyl (C=O) groups excluding carboxylic acids is 1. The number of fused-ring (bicyclic) bond motifs is 1. The lowest BCUT2D eigenvalue weighted by Gasteiger charge is -2.33. The molecule has 2 aliphatic heterocycles. The lowest BCUT2D eigenvalue weighted by molar-refractivity contribution is -0.132. The lowest BCUT2D eigenvalue weighted by Crippen LogP contribution is -2.39. The van der Waals surface area contributed by atoms with E-state index in [-0.39, 0.29) is 11.8 Å². The van der Waals surface area contributed by atoms with Crippen LogP contribution in [0.1, 0.15) is 47.8 Å². The van der Waals surface area contributed by atoms with Crippen molar-refractivity contribution >= 4 is 5.91 Å². The maximum absolute atomic E-state index is 12.7. The van der Waals surface area contributed by atoms with E-state index in [1.54, 1.807) is 0 Å². The third kappa shape index (κ3) is 4.35. The van der Waals surface area contributed by atoms with E-state index in [0.29, 0.717) is 6.42 Å². The standard InChI is InChI=1S/C22H28N4O/c1-25-13-11-20-19(15-25)14-23-22(24-20)18-8-5-12-26(16-18)21(27)10-9-17-6-3-2-4-7-17/h2-4,6-7,14,18H,5,8-13,15-16H2,1H3/t18-/m0/s1. The molecule has 4 rings (SSSR count). The molecule has 1 aromatic carbocycles. The maximum Gasteiger partial charge on any atom is 0.222 e. The van der Waals surface area contributed by atoms with E-state index < -0.39 is 0 Å². The summed E-state index contributed by atoms with van der Waals surface area (Å²) in [7, 11) is 2.14. The zero-order chi connectivity index (χ0) is 18.6. The van der Waals surface area contributed by atoms with Crippen molar-refractivity contribution in [1.29, 1.82) is 0 Å². The van der Waals surface area contributed by atoms with Crippen molar-refractivity contribution in [3.63, 3.8) is 0 Å². The molecule has 3 heterocycles. The molecule has 0 unspecified atom stereocenters. The van der Waals surface area contributed by atoms with Crippen LogP contribution < -0.4 is 0 Å². The third-order valence-corrected chi connectivity index (χ3v) is 5.75. The van der Waals surface area contributed by atoms with Crippen LogP contribution in [0.5, 0.6) is 0 Å². The van der Waals surface area contributed by atoms with Gasteiger partial charge in [-0.2, -0.15) is 0 Å². The Kier molecular flexibility index (Phi) is 5.48. The van der Waals surface area contributed by atoms with Gasteiger partial charge in [-0.3, -0.25) is 4.79 Å². The molecular formula is C22H28N4O. The van der Waals surface area contributed by atoms with Crippen molar-refractivity contribution in [3.8, 4) is 0 Å². The van der Waals surface area contributed by atoms with Crippen LogP contribution in [0.3, 0.4) is 0 Å². The van der Waals surface area contributed by atoms with Gasteiger partial charge in [0.2, 0.25) is 5.91 Å². The summed E-state index contributed by atoms with van der Waals surface area (Å²) in [6, 6.07) is 10.2. The van der Waals surface area contributed by atoms with Crippen molar-refractivity contribution in [3.05, 3.63) is 59.2 Å². The van der Waals surface area contributed by atoms with Gasteiger partial charge in [0.15, 0.2) is 0 Å². The summed E-state index contributed by atoms with van der Waals surface area (Å²) in [6.45, 7) is 3.61. The van der Waals surface area contributed by atoms with Gasteiger partial charge in [0.05, 0.1) is 0 Å². The molecule has 0 aliphatic carbocycles. The summed E-state index contributed by atoms with van der Waals surface area (Å²) in [5.74, 6) is 1.45. The molecule has 1 atom stereocenters. The Morgan fingerprint density at radius 3 is 2.93 bits per heavy atom. The molecule has 5 nitrogen and oxygen atoms in total. The van der Waals surface area contributed by atoms with Gasteiger partial charge in [-0.05, 0) is 31.9 Å². The predicted octanol–water partition coefficient (Wildman–Crippen LogP) is 2.80. The van der Waals surface area contributed by atoms with Gasteiger partial charge < -0.3 is 9.80 Å². The van der Waals surface area contributed by atoms with Crippen molar-refractivity contribution in [1.82, 2.24) is 19.8 Å². The number of hydrogen-bond donors (Lipinski definition) is 0. The number of aromatic nitrogens is 2. The Balaban J connectivity index is 1.38. The van der Waals surface area contributed by atoms with Gasteiger partial charge in [0.25, 0.3) is 0 Å². The van der Waals surface area contributed by atoms with Crippen LogP contribution in [0.4, 0.5) is 0 Å². The molecule has 27 heavy (non-hydrogen) atoms. The smallest absolute Gasteiger partial charge is 0.222 e. The fourth-order valence-electron chi connectivity index (χ4n) is 4.14. The van der Waals surface area contributed by atoms with Crippen LogP contribution in [0.15, 0.2) is 36.5 Å². The number of rotatable bonds is 4. The lowest BCUT2D eigenvalue weighted by atomic mass is 9.96. The summed E-state index contributed by atoms with van der Waals surface area (Å²) in [4.78, 5) is 26.6. The van der Waals surface area contributed by atoms with Crippen LogP contribution in [-0.2, 0) is 24.2 Å². The number of benzene rings is 1. The highest BCUT2D eigenvalue weighted by molar-refractivity contribution is 5.76. The van der Waals surface area contributed by atoms with E-state index in [0.717, 1.165) is 57.7 Å². The second kappa shape index (κ2) is 8.17. The molecule has 1 aromatic heterocycles. The first kappa shape index (κ1) is 18.1. The Morgan fingerprint density at radius 1 is 1.22 bits per heavy atom. The molecular weight excluding hydrogens is 336 g/mol. The van der Waals surface area contributed by atoms with Crippen molar-refractivity contribution < 1.29 is 4.79 Å². The minimum Gasteiger partial charge on any atom is -0.342 e. The van der Waals surface area contributed by atoms with E-state index in [1.807, 2.05) is 29.3 Å². The largest absolute Gasteiger partial charge is 0.342 e. The minimum atomic E-state index is 0.253. The van der Waals surface area contributed by atoms with Crippen LogP contribution in [0.25, 0.3) is 0 Å². The van der Waals surface area contributed by atoms with Crippen molar-refractivity contribution in [2.75, 3.05) is 26.7 Å². The first-order chi connectivity index (χ1) is 13.2. The highest BCUT2D eigenvalue weighted by Gasteiger charge is 2.27. The molecule has 0 spiro atoms. The number of likely N-dealkylation sites (N-methyl/N-ethyl adjacent to an activating group) is 1. The summed E-state index contributed by atoms with van der Waals surface area (Å²) in [6.07, 6.45) is 6.49. The van der Waals surface area contributed by atoms with Gasteiger partial charge in [-0.1, -0.05) is 30.3 Å². The molecule has 0 N–H and O–H groups in total. The van der Waals surface area contributed by atoms with Gasteiger partial charge >= 0.3 is 0 Å². The van der Waals surface area contributed by atoms with E-state index in [9.17, 15) is 4.79 Å². The molecule has 0 radical (unpaired) electrons. The molecule has 2 aromatic rings. The highest BCUT2D eigenvalue weighted by atomic mass is 16.2. The first-order valence-corrected chi connectivity index (χ1v) is 10.0. The quantitative estimate of drug-likeness (QED) is 0.837. The fourth-order valence-corrected chi connectivity index (χ4v) is 4.14. The third-order valence-electron chi connectivity index (χ3n) is 5.75. The number of carbonyl (C=O) groups is 1. The van der Waals surface area contributed by atoms with Gasteiger partial charge in [0, 0.05) is 62.4 Å². The van der Waals surface area contributed by atoms with Gasteiger partial charge in [0.1, 0.15) is 5.82 Å². The van der Waals surface area contributed by atoms with E-state index >= 15 is 0 Å². The molecule has 142 valence electrons. The van der Waals surface area contributed by atoms with E-state index in [4.69, 9.17) is 4.98 Å². The van der Waals surface area contributed by atoms with Crippen LogP contribution >= 0.6 is 0 Å². The summed E-state index contributed by atoms with van der Waals surface area (Å²) >= 11 is 0. The zero-order valence-corrected chi connectivity index (χ0v) is 16.1. The monoisotopic (exact) mass is 364 g/mol. The molecule has 0 saturated carbocycles. The van der Waals surface area contributed by atoms with E-state index in [2.05, 4.69) is 29.1 Å². The first-order valence-electron chi connectivity index (χ1n) is 10.0. The number of piperidine rings is 1. The van der Waals surface area contributed by atoms with E-state index in [1.165, 1.54) is 16.8 Å². The fraction of sp³-hybridized carbons (Fsp3) is 0.500. The Labute approximate surface area is 161 Å². The number of likely N-dealkylation sites (tertiary alicyclic amines) is 1. The van der Waals surface area contributed by atoms with Gasteiger partial charge in [-0.15, -0.1) is 0 Å². The van der Waals surface area contributed by atoms with Crippen LogP contribution in [0.2, 0.25) is 0 Å². The van der Waals surface area contributed by atoms with Gasteiger partial charge in [-0.25, -0.2) is 9.97 Å². The molecule has 1 fully saturated rings. The number of hydrogen-bond acceptors (Lipinski definition) is 4. The summed E-state index contributed by atoms with van der Waals surface area (Å²) in [5.41, 5.74) is 3.67. The average Bonchev–Trinajstić information content (AvgIpc) is 2.72. The topological polar surface area (TPSA) is 49.3 Å². The molecule has 2 aliphatic rings. The molecule has 1 amide bonds. The van der Waals surface area contributed by atoms with Crippen molar-refractivity contribution in [2.24, 2.45) is 0 Å². The second-order valence-corrected chi connectivity index (χ2v) is 7.85. The number of amides is 1. The van der Waals surface area contributed by atoms with Crippen LogP contribution in [0, 0.1) is 0 Å². The molecule has 5 heteroatoms. The summed E-state index contributed by atoms with van der Waals surface area (Å²) in [5, 5.41) is 0. The zero-order valence-electron chi connectivity index (χ0n) is 16.1. The Hall–Kier alpha value is -2.27. The molecule has 1 saturated heterocycles. The highest BCUT2D eigenvalue weighted by Crippen LogP contribution is 2.26. The van der Waals surface area contributed by atoms with Crippen LogP contribution in [-0.4, -0.2) is 52.4 Å². The second-order valence-electron chi connectivity index (χ2n) is 7.85. The maximum atomic E-state index is 12.7. The van der Waals surface area contributed by atoms with Crippen molar-refractivity contribution in [2.45, 2.75) is 44.6 Å². The Bertz CT molecular complexity index is 792.